The smallest absolute Gasteiger partial charge is 0.148 e. The quantitative estimate of drug-likeness (QED) is 0.568. The minimum atomic E-state index is 0.162. The molecule has 1 saturated carbocycles. The molecular formula is C14H23N5O. The Bertz CT molecular complexity index is 489. The van der Waals surface area contributed by atoms with Gasteiger partial charge in [0.1, 0.15) is 17.5 Å². The van der Waals surface area contributed by atoms with E-state index in [1.165, 1.54) is 6.42 Å². The summed E-state index contributed by atoms with van der Waals surface area (Å²) in [6.07, 6.45) is 5.66. The fourth-order valence-electron chi connectivity index (χ4n) is 2.94. The lowest BCUT2D eigenvalue weighted by molar-refractivity contribution is 0.239. The summed E-state index contributed by atoms with van der Waals surface area (Å²) in [5.41, 5.74) is 3.66. The Hall–Kier alpha value is -1.40. The number of aromatic nitrogens is 2. The van der Waals surface area contributed by atoms with Gasteiger partial charge in [0.25, 0.3) is 0 Å². The van der Waals surface area contributed by atoms with E-state index in [0.29, 0.717) is 11.7 Å². The van der Waals surface area contributed by atoms with E-state index < -0.39 is 0 Å². The van der Waals surface area contributed by atoms with Crippen LogP contribution in [-0.4, -0.2) is 34.3 Å². The van der Waals surface area contributed by atoms with E-state index in [2.05, 4.69) is 15.3 Å². The van der Waals surface area contributed by atoms with Crippen LogP contribution in [0.4, 0.5) is 11.6 Å². The Labute approximate surface area is 119 Å². The third-order valence-corrected chi connectivity index (χ3v) is 4.33. The average Bonchev–Trinajstić information content (AvgIpc) is 3.32. The largest absolute Gasteiger partial charge is 0.394 e. The first-order valence-electron chi connectivity index (χ1n) is 7.47. The van der Waals surface area contributed by atoms with Crippen molar-refractivity contribution < 1.29 is 5.11 Å². The van der Waals surface area contributed by atoms with E-state index in [1.54, 1.807) is 0 Å². The van der Waals surface area contributed by atoms with Crippen LogP contribution in [0.25, 0.3) is 0 Å². The number of nitrogen functional groups attached to an aromatic ring is 1. The van der Waals surface area contributed by atoms with Crippen LogP contribution in [-0.2, 0) is 0 Å². The molecule has 6 nitrogen and oxygen atoms in total. The number of piperidine rings is 1. The second kappa shape index (κ2) is 5.54. The third-order valence-electron chi connectivity index (χ3n) is 4.33. The lowest BCUT2D eigenvalue weighted by Crippen LogP contribution is -2.43. The lowest BCUT2D eigenvalue weighted by atomic mass is 10.0. The molecule has 3 rings (SSSR count). The molecule has 2 fully saturated rings. The number of aliphatic hydroxyl groups excluding tert-OH is 1. The SMILES string of the molecule is Cc1c(NN)nc(C2CC2)nc1N1CCCCC1CO. The van der Waals surface area contributed by atoms with Gasteiger partial charge in [-0.3, -0.25) is 0 Å². The van der Waals surface area contributed by atoms with Crippen molar-refractivity contribution >= 4 is 11.6 Å². The molecule has 1 aromatic heterocycles. The van der Waals surface area contributed by atoms with Crippen molar-refractivity contribution in [3.05, 3.63) is 11.4 Å². The van der Waals surface area contributed by atoms with Gasteiger partial charge in [-0.25, -0.2) is 15.8 Å². The number of nitrogens with zero attached hydrogens (tertiary/aromatic N) is 3. The van der Waals surface area contributed by atoms with Gasteiger partial charge in [0, 0.05) is 18.0 Å². The Morgan fingerprint density at radius 2 is 2.10 bits per heavy atom. The molecule has 110 valence electrons. The molecule has 4 N–H and O–H groups in total. The van der Waals surface area contributed by atoms with Crippen LogP contribution in [0.5, 0.6) is 0 Å². The maximum atomic E-state index is 9.61. The molecular weight excluding hydrogens is 254 g/mol. The van der Waals surface area contributed by atoms with Gasteiger partial charge >= 0.3 is 0 Å². The molecule has 1 atom stereocenters. The molecule has 2 heterocycles. The van der Waals surface area contributed by atoms with Gasteiger partial charge < -0.3 is 15.4 Å². The molecule has 1 aliphatic heterocycles. The number of rotatable bonds is 4. The zero-order valence-electron chi connectivity index (χ0n) is 12.0. The number of hydrogen-bond donors (Lipinski definition) is 3. The van der Waals surface area contributed by atoms with Crippen molar-refractivity contribution in [1.29, 1.82) is 0 Å². The molecule has 0 bridgehead atoms. The first-order chi connectivity index (χ1) is 9.74. The summed E-state index contributed by atoms with van der Waals surface area (Å²) in [6.45, 7) is 3.11. The van der Waals surface area contributed by atoms with Crippen LogP contribution >= 0.6 is 0 Å². The highest BCUT2D eigenvalue weighted by Crippen LogP contribution is 2.40. The Balaban J connectivity index is 1.99. The topological polar surface area (TPSA) is 87.3 Å². The lowest BCUT2D eigenvalue weighted by Gasteiger charge is -2.36. The normalized spacial score (nSPS) is 22.9. The van der Waals surface area contributed by atoms with Gasteiger partial charge in [-0.2, -0.15) is 0 Å². The molecule has 20 heavy (non-hydrogen) atoms. The molecule has 1 saturated heterocycles. The van der Waals surface area contributed by atoms with Gasteiger partial charge in [0.05, 0.1) is 12.6 Å². The zero-order chi connectivity index (χ0) is 14.1. The van der Waals surface area contributed by atoms with Crippen molar-refractivity contribution in [3.63, 3.8) is 0 Å². The van der Waals surface area contributed by atoms with Crippen molar-refractivity contribution in [2.24, 2.45) is 5.84 Å². The molecule has 0 aromatic carbocycles. The number of nitrogens with two attached hydrogens (primary N) is 1. The van der Waals surface area contributed by atoms with E-state index in [1.807, 2.05) is 6.92 Å². The van der Waals surface area contributed by atoms with Crippen LogP contribution in [0, 0.1) is 6.92 Å². The second-order valence-electron chi connectivity index (χ2n) is 5.82. The Kier molecular flexibility index (Phi) is 3.76. The van der Waals surface area contributed by atoms with Crippen LogP contribution in [0.1, 0.15) is 49.4 Å². The predicted octanol–water partition coefficient (Wildman–Crippen LogP) is 1.30. The molecule has 1 aliphatic carbocycles. The van der Waals surface area contributed by atoms with Crippen LogP contribution < -0.4 is 16.2 Å². The van der Waals surface area contributed by atoms with E-state index >= 15 is 0 Å². The van der Waals surface area contributed by atoms with E-state index in [-0.39, 0.29) is 12.6 Å². The molecule has 2 aliphatic rings. The molecule has 0 radical (unpaired) electrons. The van der Waals surface area contributed by atoms with E-state index in [4.69, 9.17) is 10.8 Å². The summed E-state index contributed by atoms with van der Waals surface area (Å²) >= 11 is 0. The standard InChI is InChI=1S/C14H23N5O/c1-9-12(18-15)16-13(10-5-6-10)17-14(9)19-7-3-2-4-11(19)8-20/h10-11,20H,2-8,15H2,1H3,(H,16,17,18). The van der Waals surface area contributed by atoms with E-state index in [9.17, 15) is 5.11 Å². The summed E-state index contributed by atoms with van der Waals surface area (Å²) in [5.74, 6) is 8.62. The van der Waals surface area contributed by atoms with Crippen molar-refractivity contribution in [3.8, 4) is 0 Å². The summed E-state index contributed by atoms with van der Waals surface area (Å²) in [7, 11) is 0. The van der Waals surface area contributed by atoms with Crippen LogP contribution in [0.2, 0.25) is 0 Å². The summed E-state index contributed by atoms with van der Waals surface area (Å²) < 4.78 is 0. The van der Waals surface area contributed by atoms with Gasteiger partial charge in [-0.1, -0.05) is 0 Å². The van der Waals surface area contributed by atoms with Crippen LogP contribution in [0.3, 0.4) is 0 Å². The number of nitrogens with one attached hydrogen (secondary N) is 1. The second-order valence-corrected chi connectivity index (χ2v) is 5.82. The molecule has 1 unspecified atom stereocenters. The Morgan fingerprint density at radius 3 is 2.75 bits per heavy atom. The summed E-state index contributed by atoms with van der Waals surface area (Å²) in [4.78, 5) is 11.5. The zero-order valence-corrected chi connectivity index (χ0v) is 12.0. The molecule has 1 aromatic rings. The van der Waals surface area contributed by atoms with Gasteiger partial charge in [-0.05, 0) is 39.0 Å². The molecule has 0 spiro atoms. The Morgan fingerprint density at radius 1 is 1.30 bits per heavy atom. The molecule has 6 heteroatoms. The number of anilines is 2. The van der Waals surface area contributed by atoms with Crippen LogP contribution in [0.15, 0.2) is 0 Å². The van der Waals surface area contributed by atoms with Gasteiger partial charge in [-0.15, -0.1) is 0 Å². The fourth-order valence-corrected chi connectivity index (χ4v) is 2.94. The highest BCUT2D eigenvalue weighted by atomic mass is 16.3. The first kappa shape index (κ1) is 13.6. The summed E-state index contributed by atoms with van der Waals surface area (Å²) in [5, 5.41) is 9.61. The first-order valence-corrected chi connectivity index (χ1v) is 7.47. The highest BCUT2D eigenvalue weighted by molar-refractivity contribution is 5.59. The average molecular weight is 277 g/mol. The minimum absolute atomic E-state index is 0.162. The third kappa shape index (κ3) is 2.45. The van der Waals surface area contributed by atoms with E-state index in [0.717, 1.165) is 49.4 Å². The van der Waals surface area contributed by atoms with Crippen molar-refractivity contribution in [2.45, 2.75) is 51.0 Å². The maximum Gasteiger partial charge on any atom is 0.148 e. The fraction of sp³-hybridized carbons (Fsp3) is 0.714. The minimum Gasteiger partial charge on any atom is -0.394 e. The highest BCUT2D eigenvalue weighted by Gasteiger charge is 2.31. The van der Waals surface area contributed by atoms with Crippen molar-refractivity contribution in [2.75, 3.05) is 23.5 Å². The monoisotopic (exact) mass is 277 g/mol. The summed E-state index contributed by atoms with van der Waals surface area (Å²) in [6, 6.07) is 0.162. The maximum absolute atomic E-state index is 9.61. The number of hydrogen-bond acceptors (Lipinski definition) is 6. The predicted molar refractivity (Wildman–Crippen MR) is 78.6 cm³/mol. The number of hydrazine groups is 1. The van der Waals surface area contributed by atoms with Gasteiger partial charge in [0.15, 0.2) is 0 Å². The number of aliphatic hydroxyl groups is 1. The van der Waals surface area contributed by atoms with Crippen molar-refractivity contribution in [1.82, 2.24) is 9.97 Å². The molecule has 0 amide bonds. The van der Waals surface area contributed by atoms with Gasteiger partial charge in [0.2, 0.25) is 0 Å².